The fraction of sp³-hybridized carbons (Fsp3) is 0.409. The average Bonchev–Trinajstić information content (AvgIpc) is 3.28. The predicted octanol–water partition coefficient (Wildman–Crippen LogP) is 3.42. The molecule has 0 aliphatic carbocycles. The van der Waals surface area contributed by atoms with Crippen molar-refractivity contribution in [3.63, 3.8) is 0 Å². The van der Waals surface area contributed by atoms with E-state index in [1.54, 1.807) is 17.9 Å². The second-order valence-electron chi connectivity index (χ2n) is 7.51. The van der Waals surface area contributed by atoms with Crippen molar-refractivity contribution in [2.45, 2.75) is 44.6 Å². The molecule has 0 radical (unpaired) electrons. The number of nitrogens with zero attached hydrogens (tertiary/aromatic N) is 2. The molecule has 1 saturated heterocycles. The molecular formula is C22H24FN3O3. The van der Waals surface area contributed by atoms with Crippen LogP contribution in [0.5, 0.6) is 0 Å². The van der Waals surface area contributed by atoms with Crippen molar-refractivity contribution in [3.8, 4) is 0 Å². The van der Waals surface area contributed by atoms with E-state index in [2.05, 4.69) is 5.32 Å². The number of benzene rings is 1. The fourth-order valence-electron chi connectivity index (χ4n) is 3.80. The van der Waals surface area contributed by atoms with Crippen LogP contribution in [-0.2, 0) is 20.7 Å². The summed E-state index contributed by atoms with van der Waals surface area (Å²) < 4.78 is 18.6. The summed E-state index contributed by atoms with van der Waals surface area (Å²) in [6.07, 6.45) is 2.91. The van der Waals surface area contributed by atoms with Gasteiger partial charge in [0.1, 0.15) is 11.9 Å². The summed E-state index contributed by atoms with van der Waals surface area (Å²) >= 11 is 0. The van der Waals surface area contributed by atoms with E-state index >= 15 is 0 Å². The summed E-state index contributed by atoms with van der Waals surface area (Å²) in [7, 11) is 0. The molecule has 6 nitrogen and oxygen atoms in total. The van der Waals surface area contributed by atoms with Crippen molar-refractivity contribution < 1.29 is 18.7 Å². The molecule has 1 aromatic carbocycles. The summed E-state index contributed by atoms with van der Waals surface area (Å²) in [4.78, 5) is 31.9. The van der Waals surface area contributed by atoms with E-state index in [4.69, 9.17) is 9.72 Å². The van der Waals surface area contributed by atoms with E-state index in [1.165, 1.54) is 24.3 Å². The number of nitrogens with one attached hydrogen (secondary N) is 1. The van der Waals surface area contributed by atoms with Crippen molar-refractivity contribution in [1.82, 2.24) is 4.98 Å². The van der Waals surface area contributed by atoms with E-state index in [1.807, 2.05) is 6.07 Å². The molecule has 1 fully saturated rings. The maximum absolute atomic E-state index is 13.0. The van der Waals surface area contributed by atoms with Crippen LogP contribution in [0.25, 0.3) is 0 Å². The van der Waals surface area contributed by atoms with Gasteiger partial charge in [-0.15, -0.1) is 0 Å². The van der Waals surface area contributed by atoms with Crippen LogP contribution < -0.4 is 10.2 Å². The van der Waals surface area contributed by atoms with Crippen LogP contribution >= 0.6 is 0 Å². The zero-order valence-corrected chi connectivity index (χ0v) is 16.4. The topological polar surface area (TPSA) is 71.5 Å². The maximum atomic E-state index is 13.0. The van der Waals surface area contributed by atoms with Gasteiger partial charge >= 0.3 is 0 Å². The minimum atomic E-state index is -0.477. The van der Waals surface area contributed by atoms with Crippen LogP contribution in [-0.4, -0.2) is 36.1 Å². The molecule has 2 aliphatic rings. The highest BCUT2D eigenvalue weighted by Crippen LogP contribution is 2.30. The summed E-state index contributed by atoms with van der Waals surface area (Å²) in [5.41, 5.74) is 2.83. The smallest absolute Gasteiger partial charge is 0.256 e. The van der Waals surface area contributed by atoms with Crippen LogP contribution in [0.1, 0.15) is 43.5 Å². The van der Waals surface area contributed by atoms with Gasteiger partial charge in [-0.25, -0.2) is 4.39 Å². The first-order valence-electron chi connectivity index (χ1n) is 10.0. The molecule has 2 amide bonds. The van der Waals surface area contributed by atoms with E-state index < -0.39 is 5.92 Å². The van der Waals surface area contributed by atoms with Crippen molar-refractivity contribution in [3.05, 3.63) is 53.6 Å². The van der Waals surface area contributed by atoms with Crippen LogP contribution in [0.15, 0.2) is 36.4 Å². The van der Waals surface area contributed by atoms with Gasteiger partial charge in [0, 0.05) is 18.8 Å². The Hall–Kier alpha value is -2.80. The Kier molecular flexibility index (Phi) is 5.58. The molecule has 7 heteroatoms. The minimum absolute atomic E-state index is 0.0000938. The molecule has 2 aliphatic heterocycles. The molecule has 2 aromatic rings. The lowest BCUT2D eigenvalue weighted by atomic mass is 10.0. The largest absolute Gasteiger partial charge is 0.368 e. The number of aryl methyl sites for hydroxylation is 1. The first kappa shape index (κ1) is 19.5. The number of anilines is 2. The number of carbonyl (C=O) groups is 2. The van der Waals surface area contributed by atoms with Gasteiger partial charge in [0.15, 0.2) is 0 Å². The molecule has 2 atom stereocenters. The number of fused-ring (bicyclic) bond motifs is 1. The highest BCUT2D eigenvalue weighted by Gasteiger charge is 2.32. The van der Waals surface area contributed by atoms with Crippen molar-refractivity contribution in [2.24, 2.45) is 0 Å². The zero-order chi connectivity index (χ0) is 20.4. The Labute approximate surface area is 169 Å². The van der Waals surface area contributed by atoms with Gasteiger partial charge in [-0.05, 0) is 69.0 Å². The van der Waals surface area contributed by atoms with Gasteiger partial charge in [-0.2, -0.15) is 0 Å². The second-order valence-corrected chi connectivity index (χ2v) is 7.51. The summed E-state index contributed by atoms with van der Waals surface area (Å²) in [5.74, 6) is -1.05. The Morgan fingerprint density at radius 2 is 2.00 bits per heavy atom. The van der Waals surface area contributed by atoms with E-state index in [9.17, 15) is 14.0 Å². The summed E-state index contributed by atoms with van der Waals surface area (Å²) in [6, 6.07) is 9.33. The number of ether oxygens (including phenoxy) is 1. The maximum Gasteiger partial charge on any atom is 0.256 e. The van der Waals surface area contributed by atoms with Gasteiger partial charge in [-0.3, -0.25) is 14.6 Å². The Bertz CT molecular complexity index is 910. The first-order valence-corrected chi connectivity index (χ1v) is 10.0. The molecule has 0 spiro atoms. The summed E-state index contributed by atoms with van der Waals surface area (Å²) in [5, 5.41) is 2.78. The van der Waals surface area contributed by atoms with Gasteiger partial charge in [0.25, 0.3) is 5.91 Å². The highest BCUT2D eigenvalue weighted by molar-refractivity contribution is 5.98. The van der Waals surface area contributed by atoms with Crippen LogP contribution in [0, 0.1) is 5.82 Å². The lowest BCUT2D eigenvalue weighted by Gasteiger charge is -2.31. The van der Waals surface area contributed by atoms with Crippen molar-refractivity contribution in [1.29, 1.82) is 0 Å². The third kappa shape index (κ3) is 4.15. The molecule has 0 saturated carbocycles. The molecule has 4 rings (SSSR count). The molecule has 152 valence electrons. The number of pyridine rings is 1. The minimum Gasteiger partial charge on any atom is -0.368 e. The van der Waals surface area contributed by atoms with E-state index in [-0.39, 0.29) is 23.7 Å². The third-order valence-corrected chi connectivity index (χ3v) is 5.48. The SMILES string of the molecule is CC(C(=O)Nc1ccc(F)cc1)c1ccc2c(n1)CCCN2C(=O)[C@H]1CCCO1. The van der Waals surface area contributed by atoms with Gasteiger partial charge < -0.3 is 15.0 Å². The van der Waals surface area contributed by atoms with E-state index in [0.717, 1.165) is 37.1 Å². The first-order chi connectivity index (χ1) is 14.0. The monoisotopic (exact) mass is 397 g/mol. The van der Waals surface area contributed by atoms with E-state index in [0.29, 0.717) is 24.5 Å². The van der Waals surface area contributed by atoms with Crippen LogP contribution in [0.3, 0.4) is 0 Å². The molecule has 29 heavy (non-hydrogen) atoms. The predicted molar refractivity (Wildman–Crippen MR) is 107 cm³/mol. The molecule has 1 unspecified atom stereocenters. The standard InChI is InChI=1S/C22H24FN3O3/c1-14(21(27)24-16-8-6-15(23)7-9-16)17-10-11-19-18(25-17)4-2-12-26(19)22(28)20-5-3-13-29-20/h6-11,14,20H,2-5,12-13H2,1H3,(H,24,27)/t14?,20-/m1/s1. The quantitative estimate of drug-likeness (QED) is 0.858. The van der Waals surface area contributed by atoms with Crippen molar-refractivity contribution in [2.75, 3.05) is 23.4 Å². The van der Waals surface area contributed by atoms with Gasteiger partial charge in [0.05, 0.1) is 23.0 Å². The number of hydrogen-bond donors (Lipinski definition) is 1. The number of carbonyl (C=O) groups excluding carboxylic acids is 2. The fourth-order valence-corrected chi connectivity index (χ4v) is 3.80. The number of amides is 2. The lowest BCUT2D eigenvalue weighted by molar-refractivity contribution is -0.127. The number of aromatic nitrogens is 1. The second kappa shape index (κ2) is 8.29. The lowest BCUT2D eigenvalue weighted by Crippen LogP contribution is -2.42. The normalized spacial score (nSPS) is 19.5. The average molecular weight is 397 g/mol. The molecule has 1 N–H and O–H groups in total. The zero-order valence-electron chi connectivity index (χ0n) is 16.4. The molecule has 3 heterocycles. The Balaban J connectivity index is 1.50. The Morgan fingerprint density at radius 3 is 2.72 bits per heavy atom. The van der Waals surface area contributed by atoms with Crippen LogP contribution in [0.2, 0.25) is 0 Å². The highest BCUT2D eigenvalue weighted by atomic mass is 19.1. The Morgan fingerprint density at radius 1 is 1.21 bits per heavy atom. The number of hydrogen-bond acceptors (Lipinski definition) is 4. The van der Waals surface area contributed by atoms with Gasteiger partial charge in [0.2, 0.25) is 5.91 Å². The molecule has 0 bridgehead atoms. The third-order valence-electron chi connectivity index (χ3n) is 5.48. The van der Waals surface area contributed by atoms with Crippen molar-refractivity contribution >= 4 is 23.2 Å². The summed E-state index contributed by atoms with van der Waals surface area (Å²) in [6.45, 7) is 3.08. The number of rotatable bonds is 4. The number of halogens is 1. The molecular weight excluding hydrogens is 373 g/mol. The van der Waals surface area contributed by atoms with Gasteiger partial charge in [-0.1, -0.05) is 0 Å². The van der Waals surface area contributed by atoms with Crippen LogP contribution in [0.4, 0.5) is 15.8 Å². The molecule has 1 aromatic heterocycles.